The lowest BCUT2D eigenvalue weighted by Gasteiger charge is -2.15. The fraction of sp³-hybridized carbons (Fsp3) is 0.333. The predicted molar refractivity (Wildman–Crippen MR) is 84.7 cm³/mol. The van der Waals surface area contributed by atoms with Gasteiger partial charge < -0.3 is 11.1 Å². The number of hydrogen-bond donors (Lipinski definition) is 2. The van der Waals surface area contributed by atoms with Crippen molar-refractivity contribution in [3.63, 3.8) is 0 Å². The number of hydrogen-bond acceptors (Lipinski definition) is 3. The van der Waals surface area contributed by atoms with Crippen LogP contribution in [0.15, 0.2) is 36.7 Å². The highest BCUT2D eigenvalue weighted by atomic mass is 35.5. The maximum absolute atomic E-state index is 12.1. The van der Waals surface area contributed by atoms with Crippen LogP contribution in [-0.4, -0.2) is 21.7 Å². The zero-order valence-corrected chi connectivity index (χ0v) is 12.7. The molecule has 0 saturated carbocycles. The van der Waals surface area contributed by atoms with Gasteiger partial charge in [0.15, 0.2) is 0 Å². The van der Waals surface area contributed by atoms with Crippen molar-refractivity contribution in [1.29, 1.82) is 0 Å². The molecule has 5 nitrogen and oxygen atoms in total. The van der Waals surface area contributed by atoms with Gasteiger partial charge in [0.2, 0.25) is 5.91 Å². The highest BCUT2D eigenvalue weighted by molar-refractivity contribution is 6.31. The van der Waals surface area contributed by atoms with E-state index >= 15 is 0 Å². The Hall–Kier alpha value is -1.85. The van der Waals surface area contributed by atoms with Crippen LogP contribution >= 0.6 is 11.6 Å². The minimum atomic E-state index is -0.519. The first kappa shape index (κ1) is 15.5. The number of anilines is 1. The van der Waals surface area contributed by atoms with E-state index in [9.17, 15) is 4.79 Å². The molecule has 1 aromatic carbocycles. The first-order valence-electron chi connectivity index (χ1n) is 6.98. The second-order valence-corrected chi connectivity index (χ2v) is 5.29. The van der Waals surface area contributed by atoms with Crippen LogP contribution in [0.3, 0.4) is 0 Å². The van der Waals surface area contributed by atoms with E-state index in [0.717, 1.165) is 18.5 Å². The van der Waals surface area contributed by atoms with Crippen molar-refractivity contribution in [3.05, 3.63) is 41.7 Å². The van der Waals surface area contributed by atoms with Crippen LogP contribution in [0.4, 0.5) is 5.69 Å². The summed E-state index contributed by atoms with van der Waals surface area (Å²) < 4.78 is 1.67. The fourth-order valence-corrected chi connectivity index (χ4v) is 2.17. The van der Waals surface area contributed by atoms with Crippen molar-refractivity contribution in [1.82, 2.24) is 9.78 Å². The van der Waals surface area contributed by atoms with E-state index in [1.54, 1.807) is 29.2 Å². The van der Waals surface area contributed by atoms with Gasteiger partial charge in [0, 0.05) is 17.4 Å². The molecule has 112 valence electrons. The number of benzene rings is 1. The smallest absolute Gasteiger partial charge is 0.241 e. The van der Waals surface area contributed by atoms with E-state index in [-0.39, 0.29) is 5.91 Å². The van der Waals surface area contributed by atoms with Crippen molar-refractivity contribution >= 4 is 23.2 Å². The monoisotopic (exact) mass is 306 g/mol. The van der Waals surface area contributed by atoms with E-state index in [1.165, 1.54) is 0 Å². The fourth-order valence-electron chi connectivity index (χ4n) is 2.00. The second kappa shape index (κ2) is 7.24. The molecular weight excluding hydrogens is 288 g/mol. The molecule has 1 amide bonds. The van der Waals surface area contributed by atoms with Crippen molar-refractivity contribution in [2.45, 2.75) is 32.2 Å². The van der Waals surface area contributed by atoms with E-state index < -0.39 is 6.04 Å². The van der Waals surface area contributed by atoms with Gasteiger partial charge in [-0.1, -0.05) is 31.4 Å². The maximum Gasteiger partial charge on any atom is 0.241 e. The summed E-state index contributed by atoms with van der Waals surface area (Å²) in [5.41, 5.74) is 7.24. The van der Waals surface area contributed by atoms with E-state index in [0.29, 0.717) is 17.1 Å². The van der Waals surface area contributed by atoms with Crippen molar-refractivity contribution in [2.75, 3.05) is 5.32 Å². The molecule has 1 heterocycles. The van der Waals surface area contributed by atoms with Gasteiger partial charge in [0.25, 0.3) is 0 Å². The average Bonchev–Trinajstić information content (AvgIpc) is 2.98. The number of nitrogens with two attached hydrogens (primary N) is 1. The lowest BCUT2D eigenvalue weighted by atomic mass is 10.1. The molecule has 3 N–H and O–H groups in total. The Morgan fingerprint density at radius 1 is 1.52 bits per heavy atom. The van der Waals surface area contributed by atoms with Crippen molar-refractivity contribution < 1.29 is 4.79 Å². The topological polar surface area (TPSA) is 72.9 Å². The summed E-state index contributed by atoms with van der Waals surface area (Å²) in [5.74, 6) is -0.209. The van der Waals surface area contributed by atoms with E-state index in [2.05, 4.69) is 17.3 Å². The van der Waals surface area contributed by atoms with Crippen LogP contribution in [0, 0.1) is 0 Å². The Balaban J connectivity index is 2.19. The maximum atomic E-state index is 12.1. The van der Waals surface area contributed by atoms with Crippen molar-refractivity contribution in [3.8, 4) is 5.69 Å². The lowest BCUT2D eigenvalue weighted by Crippen LogP contribution is -2.35. The molecule has 0 spiro atoms. The summed E-state index contributed by atoms with van der Waals surface area (Å²) in [6.07, 6.45) is 6.08. The quantitative estimate of drug-likeness (QED) is 0.861. The van der Waals surface area contributed by atoms with Crippen LogP contribution in [0.1, 0.15) is 26.2 Å². The van der Waals surface area contributed by atoms with Crippen LogP contribution in [0.25, 0.3) is 5.69 Å². The molecule has 0 aliphatic heterocycles. The molecule has 1 unspecified atom stereocenters. The van der Waals surface area contributed by atoms with Gasteiger partial charge >= 0.3 is 0 Å². The molecule has 0 aliphatic carbocycles. The Kier molecular flexibility index (Phi) is 5.36. The van der Waals surface area contributed by atoms with Gasteiger partial charge in [0.1, 0.15) is 0 Å². The third kappa shape index (κ3) is 4.06. The van der Waals surface area contributed by atoms with Gasteiger partial charge in [-0.05, 0) is 30.7 Å². The molecule has 1 atom stereocenters. The molecule has 0 radical (unpaired) electrons. The first-order chi connectivity index (χ1) is 10.1. The van der Waals surface area contributed by atoms with Crippen LogP contribution in [-0.2, 0) is 4.79 Å². The third-order valence-corrected chi connectivity index (χ3v) is 3.41. The summed E-state index contributed by atoms with van der Waals surface area (Å²) in [4.78, 5) is 12.1. The molecule has 1 aromatic heterocycles. The molecule has 21 heavy (non-hydrogen) atoms. The summed E-state index contributed by atoms with van der Waals surface area (Å²) in [6.45, 7) is 2.07. The lowest BCUT2D eigenvalue weighted by molar-refractivity contribution is -0.117. The summed E-state index contributed by atoms with van der Waals surface area (Å²) in [7, 11) is 0. The molecule has 0 bridgehead atoms. The predicted octanol–water partition coefficient (Wildman–Crippen LogP) is 2.98. The number of rotatable bonds is 6. The number of unbranched alkanes of at least 4 members (excludes halogenated alkanes) is 1. The molecule has 0 saturated heterocycles. The van der Waals surface area contributed by atoms with Gasteiger partial charge in [-0.15, -0.1) is 0 Å². The number of carbonyl (C=O) groups is 1. The highest BCUT2D eigenvalue weighted by Gasteiger charge is 2.15. The summed E-state index contributed by atoms with van der Waals surface area (Å²) >= 11 is 6.01. The second-order valence-electron chi connectivity index (χ2n) is 4.85. The normalized spacial score (nSPS) is 12.1. The number of aromatic nitrogens is 2. The first-order valence-corrected chi connectivity index (χ1v) is 7.35. The number of nitrogens with one attached hydrogen (secondary N) is 1. The number of nitrogens with zero attached hydrogens (tertiary/aromatic N) is 2. The number of carbonyl (C=O) groups excluding carboxylic acids is 1. The Bertz CT molecular complexity index is 598. The standard InChI is InChI=1S/C15H19ClN4O/c1-2-3-5-12(17)15(21)19-13-10-11(16)6-7-14(13)20-9-4-8-18-20/h4,6-10,12H,2-3,5,17H2,1H3,(H,19,21). The zero-order valence-electron chi connectivity index (χ0n) is 11.9. The van der Waals surface area contributed by atoms with Gasteiger partial charge in [-0.3, -0.25) is 4.79 Å². The Morgan fingerprint density at radius 2 is 2.33 bits per heavy atom. The SMILES string of the molecule is CCCCC(N)C(=O)Nc1cc(Cl)ccc1-n1cccn1. The highest BCUT2D eigenvalue weighted by Crippen LogP contribution is 2.24. The van der Waals surface area contributed by atoms with Crippen LogP contribution in [0.2, 0.25) is 5.02 Å². The minimum absolute atomic E-state index is 0.209. The van der Waals surface area contributed by atoms with E-state index in [1.807, 2.05) is 12.1 Å². The summed E-state index contributed by atoms with van der Waals surface area (Å²) in [6, 6.07) is 6.55. The molecule has 2 rings (SSSR count). The van der Waals surface area contributed by atoms with E-state index in [4.69, 9.17) is 17.3 Å². The van der Waals surface area contributed by atoms with Crippen LogP contribution < -0.4 is 11.1 Å². The largest absolute Gasteiger partial charge is 0.323 e. The van der Waals surface area contributed by atoms with Gasteiger partial charge in [0.05, 0.1) is 17.4 Å². The van der Waals surface area contributed by atoms with Crippen LogP contribution in [0.5, 0.6) is 0 Å². The Morgan fingerprint density at radius 3 is 3.00 bits per heavy atom. The number of halogens is 1. The third-order valence-electron chi connectivity index (χ3n) is 3.17. The molecule has 0 aliphatic rings. The van der Waals surface area contributed by atoms with Gasteiger partial charge in [-0.2, -0.15) is 5.10 Å². The molecule has 2 aromatic rings. The number of amides is 1. The average molecular weight is 307 g/mol. The molecule has 6 heteroatoms. The van der Waals surface area contributed by atoms with Crippen molar-refractivity contribution in [2.24, 2.45) is 5.73 Å². The molecular formula is C15H19ClN4O. The van der Waals surface area contributed by atoms with Gasteiger partial charge in [-0.25, -0.2) is 4.68 Å². The summed E-state index contributed by atoms with van der Waals surface area (Å²) in [5, 5.41) is 7.55. The Labute approximate surface area is 129 Å². The minimum Gasteiger partial charge on any atom is -0.323 e. The zero-order chi connectivity index (χ0) is 15.2. The molecule has 0 fully saturated rings.